The monoisotopic (exact) mass is 354 g/mol. The molecule has 0 aromatic heterocycles. The average Bonchev–Trinajstić information content (AvgIpc) is 2.30. The first kappa shape index (κ1) is 13.8. The Bertz CT molecular complexity index is 271. The highest BCUT2D eigenvalue weighted by Gasteiger charge is 1.97. The van der Waals surface area contributed by atoms with E-state index in [9.17, 15) is 0 Å². The van der Waals surface area contributed by atoms with Gasteiger partial charge in [0.1, 0.15) is 22.5 Å². The van der Waals surface area contributed by atoms with Crippen LogP contribution in [0, 0.1) is 0 Å². The van der Waals surface area contributed by atoms with Gasteiger partial charge in [0.05, 0.1) is 0 Å². The standard InChI is InChI=1S/C10H12Br2O4/c11-5-13-7-15-9-2-1-3-10(4-9)16-8-14-6-12/h1-4H,5-8H2. The van der Waals surface area contributed by atoms with Crippen molar-refractivity contribution >= 4 is 31.9 Å². The van der Waals surface area contributed by atoms with Gasteiger partial charge in [0.2, 0.25) is 0 Å². The summed E-state index contributed by atoms with van der Waals surface area (Å²) in [7, 11) is 0. The van der Waals surface area contributed by atoms with Crippen molar-refractivity contribution in [2.24, 2.45) is 0 Å². The van der Waals surface area contributed by atoms with Crippen molar-refractivity contribution in [2.45, 2.75) is 0 Å². The van der Waals surface area contributed by atoms with Crippen molar-refractivity contribution in [1.82, 2.24) is 0 Å². The zero-order valence-electron chi connectivity index (χ0n) is 8.53. The lowest BCUT2D eigenvalue weighted by Crippen LogP contribution is -2.03. The van der Waals surface area contributed by atoms with Crippen molar-refractivity contribution in [3.63, 3.8) is 0 Å². The van der Waals surface area contributed by atoms with Gasteiger partial charge in [0.15, 0.2) is 13.6 Å². The van der Waals surface area contributed by atoms with Crippen LogP contribution in [0.2, 0.25) is 0 Å². The Morgan fingerprint density at radius 2 is 1.38 bits per heavy atom. The second-order valence-corrected chi connectivity index (χ2v) is 3.54. The molecular weight excluding hydrogens is 344 g/mol. The largest absolute Gasteiger partial charge is 0.467 e. The molecule has 90 valence electrons. The van der Waals surface area contributed by atoms with Crippen LogP contribution in [0.5, 0.6) is 11.5 Å². The van der Waals surface area contributed by atoms with E-state index in [0.29, 0.717) is 22.5 Å². The molecule has 0 radical (unpaired) electrons. The van der Waals surface area contributed by atoms with E-state index in [-0.39, 0.29) is 13.6 Å². The highest BCUT2D eigenvalue weighted by atomic mass is 79.9. The molecule has 0 spiro atoms. The number of halogens is 2. The fraction of sp³-hybridized carbons (Fsp3) is 0.400. The Labute approximate surface area is 111 Å². The molecule has 1 aromatic carbocycles. The number of rotatable bonds is 8. The van der Waals surface area contributed by atoms with E-state index in [1.165, 1.54) is 0 Å². The summed E-state index contributed by atoms with van der Waals surface area (Å²) in [6.45, 7) is 0.402. The number of ether oxygens (including phenoxy) is 4. The van der Waals surface area contributed by atoms with Crippen LogP contribution in [-0.4, -0.2) is 24.6 Å². The SMILES string of the molecule is BrCOCOc1cccc(OCOCBr)c1. The van der Waals surface area contributed by atoms with Crippen LogP contribution < -0.4 is 9.47 Å². The van der Waals surface area contributed by atoms with Gasteiger partial charge in [-0.15, -0.1) is 0 Å². The summed E-state index contributed by atoms with van der Waals surface area (Å²) in [5, 5.41) is 0. The minimum atomic E-state index is 0.201. The average molecular weight is 356 g/mol. The third-order valence-electron chi connectivity index (χ3n) is 1.58. The molecule has 4 nitrogen and oxygen atoms in total. The van der Waals surface area contributed by atoms with Gasteiger partial charge in [-0.2, -0.15) is 0 Å². The van der Waals surface area contributed by atoms with Crippen molar-refractivity contribution < 1.29 is 18.9 Å². The van der Waals surface area contributed by atoms with Crippen molar-refractivity contribution in [3.05, 3.63) is 24.3 Å². The quantitative estimate of drug-likeness (QED) is 0.408. The predicted molar refractivity (Wildman–Crippen MR) is 67.2 cm³/mol. The molecule has 0 aliphatic rings. The normalized spacial score (nSPS) is 10.1. The summed E-state index contributed by atoms with van der Waals surface area (Å²) >= 11 is 6.26. The fourth-order valence-electron chi connectivity index (χ4n) is 0.936. The van der Waals surface area contributed by atoms with E-state index in [1.54, 1.807) is 6.07 Å². The fourth-order valence-corrected chi connectivity index (χ4v) is 1.20. The number of hydrogen-bond acceptors (Lipinski definition) is 4. The smallest absolute Gasteiger partial charge is 0.190 e. The molecular formula is C10H12Br2O4. The third-order valence-corrected chi connectivity index (χ3v) is 2.23. The first-order valence-electron chi connectivity index (χ1n) is 4.50. The molecule has 1 rings (SSSR count). The van der Waals surface area contributed by atoms with Gasteiger partial charge >= 0.3 is 0 Å². The molecule has 0 saturated carbocycles. The molecule has 0 N–H and O–H groups in total. The van der Waals surface area contributed by atoms with E-state index in [2.05, 4.69) is 31.9 Å². The van der Waals surface area contributed by atoms with Gasteiger partial charge in [-0.1, -0.05) is 37.9 Å². The van der Waals surface area contributed by atoms with Crippen molar-refractivity contribution in [3.8, 4) is 11.5 Å². The van der Waals surface area contributed by atoms with E-state index < -0.39 is 0 Å². The first-order chi connectivity index (χ1) is 7.86. The highest BCUT2D eigenvalue weighted by Crippen LogP contribution is 2.19. The molecule has 0 saturated heterocycles. The summed E-state index contributed by atoms with van der Waals surface area (Å²) < 4.78 is 20.6. The van der Waals surface area contributed by atoms with Gasteiger partial charge in [-0.25, -0.2) is 0 Å². The predicted octanol–water partition coefficient (Wildman–Crippen LogP) is 3.10. The Morgan fingerprint density at radius 3 is 1.81 bits per heavy atom. The third kappa shape index (κ3) is 5.69. The van der Waals surface area contributed by atoms with Crippen LogP contribution in [0.3, 0.4) is 0 Å². The van der Waals surface area contributed by atoms with Crippen LogP contribution in [0.4, 0.5) is 0 Å². The molecule has 0 aliphatic heterocycles. The molecule has 0 atom stereocenters. The zero-order chi connectivity index (χ0) is 11.6. The van der Waals surface area contributed by atoms with Crippen molar-refractivity contribution in [1.29, 1.82) is 0 Å². The summed E-state index contributed by atoms with van der Waals surface area (Å²) in [5.74, 6) is 1.38. The number of benzene rings is 1. The maximum Gasteiger partial charge on any atom is 0.190 e. The number of hydrogen-bond donors (Lipinski definition) is 0. The lowest BCUT2D eigenvalue weighted by molar-refractivity contribution is 0.0392. The lowest BCUT2D eigenvalue weighted by atomic mass is 10.3. The van der Waals surface area contributed by atoms with E-state index in [0.717, 1.165) is 0 Å². The van der Waals surface area contributed by atoms with Gasteiger partial charge < -0.3 is 18.9 Å². The second kappa shape index (κ2) is 8.81. The molecule has 0 bridgehead atoms. The van der Waals surface area contributed by atoms with Gasteiger partial charge in [-0.05, 0) is 12.1 Å². The lowest BCUT2D eigenvalue weighted by Gasteiger charge is -2.08. The van der Waals surface area contributed by atoms with Gasteiger partial charge in [-0.3, -0.25) is 0 Å². The Balaban J connectivity index is 2.37. The van der Waals surface area contributed by atoms with Crippen LogP contribution in [-0.2, 0) is 9.47 Å². The molecule has 0 aliphatic carbocycles. The first-order valence-corrected chi connectivity index (χ1v) is 6.74. The summed E-state index contributed by atoms with van der Waals surface area (Å²) in [4.78, 5) is 0. The Morgan fingerprint density at radius 1 is 0.875 bits per heavy atom. The molecule has 1 aromatic rings. The molecule has 0 unspecified atom stereocenters. The van der Waals surface area contributed by atoms with Crippen LogP contribution in [0.15, 0.2) is 24.3 Å². The Hall–Kier alpha value is -0.300. The topological polar surface area (TPSA) is 36.9 Å². The van der Waals surface area contributed by atoms with Gasteiger partial charge in [0.25, 0.3) is 0 Å². The minimum Gasteiger partial charge on any atom is -0.467 e. The van der Waals surface area contributed by atoms with Gasteiger partial charge in [0, 0.05) is 6.07 Å². The van der Waals surface area contributed by atoms with E-state index in [4.69, 9.17) is 18.9 Å². The minimum absolute atomic E-state index is 0.201. The van der Waals surface area contributed by atoms with E-state index in [1.807, 2.05) is 18.2 Å². The zero-order valence-corrected chi connectivity index (χ0v) is 11.7. The van der Waals surface area contributed by atoms with Crippen LogP contribution in [0.1, 0.15) is 0 Å². The number of alkyl halides is 2. The molecule has 16 heavy (non-hydrogen) atoms. The summed E-state index contributed by atoms with van der Waals surface area (Å²) in [5.41, 5.74) is 0.893. The highest BCUT2D eigenvalue weighted by molar-refractivity contribution is 9.09. The maximum atomic E-state index is 5.31. The second-order valence-electron chi connectivity index (χ2n) is 2.63. The summed E-state index contributed by atoms with van der Waals surface area (Å²) in [6.07, 6.45) is 0. The Kier molecular flexibility index (Phi) is 7.58. The van der Waals surface area contributed by atoms with Crippen LogP contribution >= 0.6 is 31.9 Å². The van der Waals surface area contributed by atoms with E-state index >= 15 is 0 Å². The molecule has 0 heterocycles. The molecule has 0 fully saturated rings. The van der Waals surface area contributed by atoms with Crippen LogP contribution in [0.25, 0.3) is 0 Å². The van der Waals surface area contributed by atoms with Crippen molar-refractivity contribution in [2.75, 3.05) is 24.6 Å². The molecule has 6 heteroatoms. The maximum absolute atomic E-state index is 5.31. The summed E-state index contributed by atoms with van der Waals surface area (Å²) in [6, 6.07) is 7.27. The molecule has 0 amide bonds.